The van der Waals surface area contributed by atoms with Crippen molar-refractivity contribution in [3.63, 3.8) is 0 Å². The van der Waals surface area contributed by atoms with Gasteiger partial charge < -0.3 is 10.1 Å². The van der Waals surface area contributed by atoms with E-state index in [-0.39, 0.29) is 16.9 Å². The Hall–Kier alpha value is -0.640. The van der Waals surface area contributed by atoms with Crippen LogP contribution in [0.1, 0.15) is 31.4 Å². The Morgan fingerprint density at radius 2 is 2.17 bits per heavy atom. The van der Waals surface area contributed by atoms with Gasteiger partial charge in [0.25, 0.3) is 0 Å². The van der Waals surface area contributed by atoms with Gasteiger partial charge in [0.05, 0.1) is 5.02 Å². The molecule has 1 saturated heterocycles. The summed E-state index contributed by atoms with van der Waals surface area (Å²) in [6.45, 7) is 4.71. The van der Waals surface area contributed by atoms with E-state index in [4.69, 9.17) is 16.3 Å². The third kappa shape index (κ3) is 3.67. The van der Waals surface area contributed by atoms with Crippen LogP contribution >= 0.6 is 11.6 Å². The van der Waals surface area contributed by atoms with E-state index in [1.165, 1.54) is 6.07 Å². The summed E-state index contributed by atoms with van der Waals surface area (Å²) in [5.74, 6) is 0.312. The SMILES string of the molecule is CC(NCC1CCOCC1)c1ccc(Cl)c(F)c1. The van der Waals surface area contributed by atoms with E-state index in [0.29, 0.717) is 5.92 Å². The zero-order valence-electron chi connectivity index (χ0n) is 10.6. The molecule has 0 aliphatic carbocycles. The highest BCUT2D eigenvalue weighted by molar-refractivity contribution is 6.30. The number of nitrogens with one attached hydrogen (secondary N) is 1. The van der Waals surface area contributed by atoms with Crippen molar-refractivity contribution in [3.05, 3.63) is 34.6 Å². The zero-order chi connectivity index (χ0) is 13.0. The molecule has 1 heterocycles. The van der Waals surface area contributed by atoms with Crippen molar-refractivity contribution in [2.75, 3.05) is 19.8 Å². The van der Waals surface area contributed by atoms with Gasteiger partial charge in [-0.15, -0.1) is 0 Å². The maximum Gasteiger partial charge on any atom is 0.142 e. The highest BCUT2D eigenvalue weighted by Gasteiger charge is 2.15. The van der Waals surface area contributed by atoms with Gasteiger partial charge in [-0.1, -0.05) is 17.7 Å². The van der Waals surface area contributed by atoms with Gasteiger partial charge in [0, 0.05) is 19.3 Å². The Balaban J connectivity index is 1.86. The number of rotatable bonds is 4. The summed E-state index contributed by atoms with van der Waals surface area (Å²) in [6, 6.07) is 5.12. The first kappa shape index (κ1) is 13.8. The number of halogens is 2. The van der Waals surface area contributed by atoms with Gasteiger partial charge in [-0.3, -0.25) is 0 Å². The van der Waals surface area contributed by atoms with Crippen LogP contribution in [0, 0.1) is 11.7 Å². The summed E-state index contributed by atoms with van der Waals surface area (Å²) >= 11 is 5.67. The molecule has 1 aliphatic heterocycles. The molecule has 100 valence electrons. The van der Waals surface area contributed by atoms with E-state index in [0.717, 1.165) is 38.2 Å². The molecular weight excluding hydrogens is 253 g/mol. The fourth-order valence-corrected chi connectivity index (χ4v) is 2.31. The lowest BCUT2D eigenvalue weighted by molar-refractivity contribution is 0.0656. The molecule has 1 atom stereocenters. The van der Waals surface area contributed by atoms with Crippen LogP contribution in [0.3, 0.4) is 0 Å². The van der Waals surface area contributed by atoms with Crippen LogP contribution in [-0.4, -0.2) is 19.8 Å². The normalized spacial score (nSPS) is 18.8. The lowest BCUT2D eigenvalue weighted by Gasteiger charge is -2.24. The van der Waals surface area contributed by atoms with Crippen molar-refractivity contribution in [3.8, 4) is 0 Å². The van der Waals surface area contributed by atoms with Crippen LogP contribution in [0.5, 0.6) is 0 Å². The summed E-state index contributed by atoms with van der Waals surface area (Å²) < 4.78 is 18.7. The average Bonchev–Trinajstić information content (AvgIpc) is 2.40. The molecule has 2 nitrogen and oxygen atoms in total. The van der Waals surface area contributed by atoms with Crippen LogP contribution in [0.15, 0.2) is 18.2 Å². The van der Waals surface area contributed by atoms with Crippen LogP contribution in [0.4, 0.5) is 4.39 Å². The summed E-state index contributed by atoms with van der Waals surface area (Å²) in [7, 11) is 0. The zero-order valence-corrected chi connectivity index (χ0v) is 11.3. The van der Waals surface area contributed by atoms with E-state index in [1.807, 2.05) is 13.0 Å². The predicted molar refractivity (Wildman–Crippen MR) is 71.4 cm³/mol. The van der Waals surface area contributed by atoms with Crippen molar-refractivity contribution in [1.82, 2.24) is 5.32 Å². The number of hydrogen-bond acceptors (Lipinski definition) is 2. The fraction of sp³-hybridized carbons (Fsp3) is 0.571. The van der Waals surface area contributed by atoms with E-state index in [9.17, 15) is 4.39 Å². The third-order valence-electron chi connectivity index (χ3n) is 3.50. The molecule has 0 spiro atoms. The Morgan fingerprint density at radius 3 is 2.83 bits per heavy atom. The molecule has 0 amide bonds. The van der Waals surface area contributed by atoms with Crippen molar-refractivity contribution in [2.24, 2.45) is 5.92 Å². The van der Waals surface area contributed by atoms with Gasteiger partial charge in [-0.25, -0.2) is 4.39 Å². The minimum atomic E-state index is -0.353. The standard InChI is InChI=1S/C14H19ClFNO/c1-10(12-2-3-13(15)14(16)8-12)17-9-11-4-6-18-7-5-11/h2-3,8,10-11,17H,4-7,9H2,1H3. The lowest BCUT2D eigenvalue weighted by Crippen LogP contribution is -2.29. The van der Waals surface area contributed by atoms with Crippen LogP contribution in [0.2, 0.25) is 5.02 Å². The molecule has 2 rings (SSSR count). The molecule has 4 heteroatoms. The second-order valence-corrected chi connectivity index (χ2v) is 5.27. The van der Waals surface area contributed by atoms with Gasteiger partial charge in [0.15, 0.2) is 0 Å². The first-order valence-electron chi connectivity index (χ1n) is 6.43. The molecule has 0 saturated carbocycles. The van der Waals surface area contributed by atoms with Gasteiger partial charge in [-0.2, -0.15) is 0 Å². The quantitative estimate of drug-likeness (QED) is 0.904. The second-order valence-electron chi connectivity index (χ2n) is 4.86. The molecular formula is C14H19ClFNO. The second kappa shape index (κ2) is 6.50. The molecule has 0 aromatic heterocycles. The van der Waals surface area contributed by atoms with Gasteiger partial charge in [0.2, 0.25) is 0 Å². The predicted octanol–water partition coefficient (Wildman–Crippen LogP) is 3.56. The van der Waals surface area contributed by atoms with Gasteiger partial charge in [0.1, 0.15) is 5.82 Å². The topological polar surface area (TPSA) is 21.3 Å². The summed E-state index contributed by atoms with van der Waals surface area (Å²) in [5.41, 5.74) is 0.934. The minimum Gasteiger partial charge on any atom is -0.381 e. The number of hydrogen-bond donors (Lipinski definition) is 1. The average molecular weight is 272 g/mol. The maximum atomic E-state index is 13.4. The maximum absolute atomic E-state index is 13.4. The fourth-order valence-electron chi connectivity index (χ4n) is 2.19. The van der Waals surface area contributed by atoms with E-state index in [1.54, 1.807) is 6.07 Å². The monoisotopic (exact) mass is 271 g/mol. The number of ether oxygens (including phenoxy) is 1. The minimum absolute atomic E-state index is 0.139. The molecule has 1 N–H and O–H groups in total. The first-order valence-corrected chi connectivity index (χ1v) is 6.80. The Kier molecular flexibility index (Phi) is 4.98. The summed E-state index contributed by atoms with van der Waals surface area (Å²) in [4.78, 5) is 0. The summed E-state index contributed by atoms with van der Waals surface area (Å²) in [6.07, 6.45) is 2.21. The Morgan fingerprint density at radius 1 is 1.44 bits per heavy atom. The van der Waals surface area contributed by atoms with Crippen LogP contribution in [0.25, 0.3) is 0 Å². The molecule has 1 fully saturated rings. The van der Waals surface area contributed by atoms with Crippen LogP contribution in [-0.2, 0) is 4.74 Å². The molecule has 0 bridgehead atoms. The Bertz CT molecular complexity index is 393. The largest absolute Gasteiger partial charge is 0.381 e. The van der Waals surface area contributed by atoms with Crippen molar-refractivity contribution >= 4 is 11.6 Å². The van der Waals surface area contributed by atoms with Crippen molar-refractivity contribution in [2.45, 2.75) is 25.8 Å². The first-order chi connectivity index (χ1) is 8.66. The van der Waals surface area contributed by atoms with E-state index in [2.05, 4.69) is 5.32 Å². The Labute approximate surface area is 112 Å². The molecule has 18 heavy (non-hydrogen) atoms. The van der Waals surface area contributed by atoms with Gasteiger partial charge >= 0.3 is 0 Å². The van der Waals surface area contributed by atoms with Crippen LogP contribution < -0.4 is 5.32 Å². The van der Waals surface area contributed by atoms with Gasteiger partial charge in [-0.05, 0) is 49.9 Å². The van der Waals surface area contributed by atoms with Crippen molar-refractivity contribution < 1.29 is 9.13 Å². The van der Waals surface area contributed by atoms with Crippen molar-refractivity contribution in [1.29, 1.82) is 0 Å². The highest BCUT2D eigenvalue weighted by atomic mass is 35.5. The summed E-state index contributed by atoms with van der Waals surface area (Å²) in [5, 5.41) is 3.63. The highest BCUT2D eigenvalue weighted by Crippen LogP contribution is 2.21. The third-order valence-corrected chi connectivity index (χ3v) is 3.80. The molecule has 1 aromatic carbocycles. The number of benzene rings is 1. The van der Waals surface area contributed by atoms with E-state index < -0.39 is 0 Å². The molecule has 1 aromatic rings. The smallest absolute Gasteiger partial charge is 0.142 e. The molecule has 1 aliphatic rings. The van der Waals surface area contributed by atoms with E-state index >= 15 is 0 Å². The lowest BCUT2D eigenvalue weighted by atomic mass is 9.99. The molecule has 1 unspecified atom stereocenters. The molecule has 0 radical (unpaired) electrons.